The molecule has 92 valence electrons. The zero-order chi connectivity index (χ0) is 13.0. The maximum absolute atomic E-state index is 11.7. The molecule has 18 heavy (non-hydrogen) atoms. The molecule has 0 saturated carbocycles. The van der Waals surface area contributed by atoms with Crippen molar-refractivity contribution in [3.63, 3.8) is 0 Å². The van der Waals surface area contributed by atoms with Crippen molar-refractivity contribution in [2.75, 3.05) is 5.32 Å². The maximum atomic E-state index is 11.7. The van der Waals surface area contributed by atoms with Gasteiger partial charge < -0.3 is 16.0 Å². The number of anilines is 1. The number of carbonyl (C=O) groups excluding carboxylic acids is 2. The summed E-state index contributed by atoms with van der Waals surface area (Å²) >= 11 is 0. The van der Waals surface area contributed by atoms with Gasteiger partial charge in [0, 0.05) is 23.1 Å². The van der Waals surface area contributed by atoms with Crippen LogP contribution in [0, 0.1) is 0 Å². The number of hydrogen-bond donors (Lipinski definition) is 3. The summed E-state index contributed by atoms with van der Waals surface area (Å²) in [4.78, 5) is 25.5. The van der Waals surface area contributed by atoms with Crippen LogP contribution >= 0.6 is 0 Å². The van der Waals surface area contributed by atoms with E-state index < -0.39 is 5.91 Å². The van der Waals surface area contributed by atoms with Gasteiger partial charge >= 0.3 is 0 Å². The Morgan fingerprint density at radius 1 is 1.17 bits per heavy atom. The number of nitrogens with one attached hydrogen (secondary N) is 2. The number of hydrogen-bond acceptors (Lipinski definition) is 2. The van der Waals surface area contributed by atoms with Gasteiger partial charge in [-0.15, -0.1) is 0 Å². The number of amides is 2. The van der Waals surface area contributed by atoms with Gasteiger partial charge in [0.15, 0.2) is 0 Å². The lowest BCUT2D eigenvalue weighted by Gasteiger charge is -2.04. The Balaban J connectivity index is 1.97. The summed E-state index contributed by atoms with van der Waals surface area (Å²) < 4.78 is 0. The number of H-pyrrole nitrogens is 1. The molecular weight excluding hydrogens is 230 g/mol. The molecule has 2 aromatic rings. The average Bonchev–Trinajstić information content (AvgIpc) is 2.82. The lowest BCUT2D eigenvalue weighted by atomic mass is 10.2. The highest BCUT2D eigenvalue weighted by atomic mass is 16.2. The van der Waals surface area contributed by atoms with E-state index in [1.807, 2.05) is 12.1 Å². The van der Waals surface area contributed by atoms with Crippen LogP contribution in [0.1, 0.15) is 16.1 Å². The molecule has 5 nitrogen and oxygen atoms in total. The van der Waals surface area contributed by atoms with Crippen molar-refractivity contribution in [1.29, 1.82) is 0 Å². The van der Waals surface area contributed by atoms with E-state index in [1.54, 1.807) is 30.5 Å². The fourth-order valence-corrected chi connectivity index (χ4v) is 1.57. The Morgan fingerprint density at radius 2 is 1.89 bits per heavy atom. The van der Waals surface area contributed by atoms with Gasteiger partial charge in [0.05, 0.1) is 6.42 Å². The third-order valence-corrected chi connectivity index (χ3v) is 2.47. The zero-order valence-corrected chi connectivity index (χ0v) is 9.64. The standard InChI is InChI=1S/C13H13N3O2/c14-13(18)9-3-5-10(6-4-9)16-12(17)8-11-2-1-7-15-11/h1-7,15H,8H2,(H2,14,18)(H,16,17). The Kier molecular flexibility index (Phi) is 3.43. The molecule has 2 amide bonds. The predicted octanol–water partition coefficient (Wildman–Crippen LogP) is 1.29. The molecule has 1 aromatic carbocycles. The van der Waals surface area contributed by atoms with Crippen molar-refractivity contribution in [2.24, 2.45) is 5.73 Å². The fraction of sp³-hybridized carbons (Fsp3) is 0.0769. The number of rotatable bonds is 4. The number of aromatic nitrogens is 1. The van der Waals surface area contributed by atoms with Crippen molar-refractivity contribution in [3.05, 3.63) is 53.9 Å². The Bertz CT molecular complexity index is 544. The maximum Gasteiger partial charge on any atom is 0.248 e. The number of benzene rings is 1. The number of nitrogens with two attached hydrogens (primary N) is 1. The topological polar surface area (TPSA) is 88.0 Å². The number of carbonyl (C=O) groups is 2. The normalized spacial score (nSPS) is 10.0. The fourth-order valence-electron chi connectivity index (χ4n) is 1.57. The first-order valence-electron chi connectivity index (χ1n) is 5.47. The summed E-state index contributed by atoms with van der Waals surface area (Å²) in [6.45, 7) is 0. The molecule has 0 bridgehead atoms. The third kappa shape index (κ3) is 2.98. The first-order chi connectivity index (χ1) is 8.65. The van der Waals surface area contributed by atoms with Crippen LogP contribution < -0.4 is 11.1 Å². The minimum absolute atomic E-state index is 0.121. The zero-order valence-electron chi connectivity index (χ0n) is 9.64. The molecule has 0 saturated heterocycles. The molecule has 1 aromatic heterocycles. The molecule has 0 fully saturated rings. The summed E-state index contributed by atoms with van der Waals surface area (Å²) in [7, 11) is 0. The lowest BCUT2D eigenvalue weighted by molar-refractivity contribution is -0.115. The van der Waals surface area contributed by atoms with Crippen LogP contribution in [0.3, 0.4) is 0 Å². The van der Waals surface area contributed by atoms with Crippen LogP contribution in [0.5, 0.6) is 0 Å². The molecule has 0 radical (unpaired) electrons. The highest BCUT2D eigenvalue weighted by molar-refractivity contribution is 5.95. The molecule has 5 heteroatoms. The van der Waals surface area contributed by atoms with Crippen LogP contribution in [0.15, 0.2) is 42.6 Å². The highest BCUT2D eigenvalue weighted by Gasteiger charge is 2.05. The molecule has 0 atom stereocenters. The summed E-state index contributed by atoms with van der Waals surface area (Å²) in [5, 5.41) is 2.74. The summed E-state index contributed by atoms with van der Waals surface area (Å²) in [6.07, 6.45) is 2.05. The SMILES string of the molecule is NC(=O)c1ccc(NC(=O)Cc2ccc[nH]2)cc1. The van der Waals surface area contributed by atoms with Gasteiger partial charge in [-0.3, -0.25) is 9.59 Å². The number of aromatic amines is 1. The molecular formula is C13H13N3O2. The average molecular weight is 243 g/mol. The second-order valence-corrected chi connectivity index (χ2v) is 3.86. The Morgan fingerprint density at radius 3 is 2.44 bits per heavy atom. The van der Waals surface area contributed by atoms with Gasteiger partial charge in [0.25, 0.3) is 0 Å². The van der Waals surface area contributed by atoms with Gasteiger partial charge in [0.1, 0.15) is 0 Å². The second-order valence-electron chi connectivity index (χ2n) is 3.86. The smallest absolute Gasteiger partial charge is 0.248 e. The molecule has 0 unspecified atom stereocenters. The van der Waals surface area contributed by atoms with E-state index in [0.29, 0.717) is 11.3 Å². The van der Waals surface area contributed by atoms with Crippen LogP contribution in [-0.2, 0) is 11.2 Å². The van der Waals surface area contributed by atoms with E-state index in [2.05, 4.69) is 10.3 Å². The van der Waals surface area contributed by atoms with Gasteiger partial charge in [-0.2, -0.15) is 0 Å². The van der Waals surface area contributed by atoms with Crippen molar-refractivity contribution in [3.8, 4) is 0 Å². The minimum Gasteiger partial charge on any atom is -0.366 e. The van der Waals surface area contributed by atoms with Gasteiger partial charge in [-0.25, -0.2) is 0 Å². The molecule has 1 heterocycles. The van der Waals surface area contributed by atoms with Gasteiger partial charge in [-0.05, 0) is 36.4 Å². The molecule has 0 aliphatic carbocycles. The van der Waals surface area contributed by atoms with Crippen molar-refractivity contribution in [2.45, 2.75) is 6.42 Å². The summed E-state index contributed by atoms with van der Waals surface area (Å²) in [6, 6.07) is 10.1. The van der Waals surface area contributed by atoms with Crippen molar-refractivity contribution < 1.29 is 9.59 Å². The van der Waals surface area contributed by atoms with Crippen LogP contribution in [-0.4, -0.2) is 16.8 Å². The summed E-state index contributed by atoms with van der Waals surface area (Å²) in [5.74, 6) is -0.608. The molecule has 0 aliphatic rings. The van der Waals surface area contributed by atoms with E-state index in [-0.39, 0.29) is 12.3 Å². The van der Waals surface area contributed by atoms with Crippen molar-refractivity contribution >= 4 is 17.5 Å². The number of primary amides is 1. The first-order valence-corrected chi connectivity index (χ1v) is 5.47. The van der Waals surface area contributed by atoms with Crippen LogP contribution in [0.4, 0.5) is 5.69 Å². The molecule has 0 spiro atoms. The minimum atomic E-state index is -0.487. The van der Waals surface area contributed by atoms with Gasteiger partial charge in [-0.1, -0.05) is 0 Å². The van der Waals surface area contributed by atoms with E-state index >= 15 is 0 Å². The van der Waals surface area contributed by atoms with E-state index in [0.717, 1.165) is 5.69 Å². The monoisotopic (exact) mass is 243 g/mol. The van der Waals surface area contributed by atoms with Crippen molar-refractivity contribution in [1.82, 2.24) is 4.98 Å². The Labute approximate surface area is 104 Å². The third-order valence-electron chi connectivity index (χ3n) is 2.47. The van der Waals surface area contributed by atoms with E-state index in [1.165, 1.54) is 0 Å². The molecule has 0 aliphatic heterocycles. The summed E-state index contributed by atoms with van der Waals surface area (Å²) in [5.41, 5.74) is 7.02. The Hall–Kier alpha value is -2.56. The quantitative estimate of drug-likeness (QED) is 0.755. The largest absolute Gasteiger partial charge is 0.366 e. The molecule has 4 N–H and O–H groups in total. The van der Waals surface area contributed by atoms with E-state index in [9.17, 15) is 9.59 Å². The first kappa shape index (κ1) is 11.9. The highest BCUT2D eigenvalue weighted by Crippen LogP contribution is 2.09. The second kappa shape index (κ2) is 5.18. The van der Waals surface area contributed by atoms with Crippen LogP contribution in [0.25, 0.3) is 0 Å². The predicted molar refractivity (Wildman–Crippen MR) is 68.1 cm³/mol. The molecule has 2 rings (SSSR count). The van der Waals surface area contributed by atoms with E-state index in [4.69, 9.17) is 5.73 Å². The van der Waals surface area contributed by atoms with Crippen LogP contribution in [0.2, 0.25) is 0 Å². The van der Waals surface area contributed by atoms with Gasteiger partial charge in [0.2, 0.25) is 11.8 Å². The lowest BCUT2D eigenvalue weighted by Crippen LogP contribution is -2.15.